The molecule has 1 fully saturated rings. The number of amides is 1. The third-order valence-corrected chi connectivity index (χ3v) is 4.02. The van der Waals surface area contributed by atoms with Crippen molar-refractivity contribution in [2.45, 2.75) is 64.5 Å². The average molecular weight is 252 g/mol. The van der Waals surface area contributed by atoms with Crippen LogP contribution in [0.4, 0.5) is 0 Å². The van der Waals surface area contributed by atoms with E-state index in [2.05, 4.69) is 17.2 Å². The quantitative estimate of drug-likeness (QED) is 0.834. The normalized spacial score (nSPS) is 36.4. The Kier molecular flexibility index (Phi) is 4.05. The van der Waals surface area contributed by atoms with E-state index in [4.69, 9.17) is 4.74 Å². The van der Waals surface area contributed by atoms with E-state index in [0.717, 1.165) is 31.5 Å². The highest BCUT2D eigenvalue weighted by Gasteiger charge is 2.44. The second kappa shape index (κ2) is 5.39. The first kappa shape index (κ1) is 13.5. The van der Waals surface area contributed by atoms with Crippen LogP contribution in [0.1, 0.15) is 52.9 Å². The largest absolute Gasteiger partial charge is 0.367 e. The first-order valence-corrected chi connectivity index (χ1v) is 7.14. The molecule has 3 atom stereocenters. The van der Waals surface area contributed by atoms with Crippen molar-refractivity contribution in [1.82, 2.24) is 5.32 Å². The van der Waals surface area contributed by atoms with Gasteiger partial charge in [0.1, 0.15) is 17.5 Å². The fourth-order valence-electron chi connectivity index (χ4n) is 3.15. The van der Waals surface area contributed by atoms with Gasteiger partial charge >= 0.3 is 0 Å². The zero-order chi connectivity index (χ0) is 13.2. The number of nitrogens with zero attached hydrogens (tertiary/aromatic N) is 1. The third kappa shape index (κ3) is 2.44. The highest BCUT2D eigenvalue weighted by molar-refractivity contribution is 6.09. The van der Waals surface area contributed by atoms with Gasteiger partial charge in [0.25, 0.3) is 0 Å². The standard InChI is InChI=1S/C14H24N2O2/c1-4-11-12(17)16-13(15-11)14(18-5-2)8-6-7-10(3)9-14/h10-11H,4-9H2,1-3H3,(H,15,16,17). The van der Waals surface area contributed by atoms with Crippen molar-refractivity contribution in [1.29, 1.82) is 0 Å². The van der Waals surface area contributed by atoms with Gasteiger partial charge in [-0.25, -0.2) is 0 Å². The lowest BCUT2D eigenvalue weighted by Gasteiger charge is -2.39. The predicted molar refractivity (Wildman–Crippen MR) is 71.6 cm³/mol. The van der Waals surface area contributed by atoms with Crippen molar-refractivity contribution in [3.63, 3.8) is 0 Å². The molecule has 1 heterocycles. The molecule has 0 aromatic carbocycles. The van der Waals surface area contributed by atoms with Gasteiger partial charge in [0.2, 0.25) is 5.91 Å². The van der Waals surface area contributed by atoms with Gasteiger partial charge in [0.05, 0.1) is 0 Å². The van der Waals surface area contributed by atoms with Crippen LogP contribution in [0.15, 0.2) is 4.99 Å². The van der Waals surface area contributed by atoms with Gasteiger partial charge in [-0.3, -0.25) is 9.79 Å². The Labute approximate surface area is 109 Å². The van der Waals surface area contributed by atoms with Crippen molar-refractivity contribution in [2.24, 2.45) is 10.9 Å². The van der Waals surface area contributed by atoms with Crippen LogP contribution in [0.2, 0.25) is 0 Å². The summed E-state index contributed by atoms with van der Waals surface area (Å²) in [5.74, 6) is 1.45. The van der Waals surface area contributed by atoms with E-state index in [1.807, 2.05) is 13.8 Å². The molecule has 0 saturated heterocycles. The summed E-state index contributed by atoms with van der Waals surface area (Å²) in [4.78, 5) is 16.4. The summed E-state index contributed by atoms with van der Waals surface area (Å²) in [6.07, 6.45) is 5.09. The maximum absolute atomic E-state index is 11.8. The molecular weight excluding hydrogens is 228 g/mol. The van der Waals surface area contributed by atoms with Crippen LogP contribution in [-0.4, -0.2) is 30.0 Å². The van der Waals surface area contributed by atoms with Crippen LogP contribution in [-0.2, 0) is 9.53 Å². The number of rotatable bonds is 4. The zero-order valence-electron chi connectivity index (χ0n) is 11.7. The van der Waals surface area contributed by atoms with Gasteiger partial charge in [-0.2, -0.15) is 0 Å². The first-order chi connectivity index (χ1) is 8.61. The van der Waals surface area contributed by atoms with Crippen molar-refractivity contribution >= 4 is 11.7 Å². The van der Waals surface area contributed by atoms with Crippen LogP contribution in [0.5, 0.6) is 0 Å². The van der Waals surface area contributed by atoms with Crippen LogP contribution >= 0.6 is 0 Å². The van der Waals surface area contributed by atoms with E-state index in [0.29, 0.717) is 12.5 Å². The Balaban J connectivity index is 2.22. The van der Waals surface area contributed by atoms with Crippen LogP contribution in [0, 0.1) is 5.92 Å². The summed E-state index contributed by atoms with van der Waals surface area (Å²) in [7, 11) is 0. The van der Waals surface area contributed by atoms with Crippen molar-refractivity contribution in [2.75, 3.05) is 6.61 Å². The molecule has 0 radical (unpaired) electrons. The lowest BCUT2D eigenvalue weighted by atomic mass is 9.78. The molecule has 0 bridgehead atoms. The van der Waals surface area contributed by atoms with Gasteiger partial charge in [-0.05, 0) is 38.5 Å². The summed E-state index contributed by atoms with van der Waals surface area (Å²) in [6, 6.07) is -0.213. The molecule has 1 N–H and O–H groups in total. The maximum atomic E-state index is 11.8. The molecule has 2 aliphatic rings. The van der Waals surface area contributed by atoms with Crippen molar-refractivity contribution in [3.05, 3.63) is 0 Å². The Morgan fingerprint density at radius 1 is 1.50 bits per heavy atom. The summed E-state index contributed by atoms with van der Waals surface area (Å²) < 4.78 is 6.02. The molecule has 0 spiro atoms. The Hall–Kier alpha value is -0.900. The molecule has 102 valence electrons. The second-order valence-corrected chi connectivity index (χ2v) is 5.52. The Bertz CT molecular complexity index is 350. The van der Waals surface area contributed by atoms with Gasteiger partial charge in [0.15, 0.2) is 0 Å². The second-order valence-electron chi connectivity index (χ2n) is 5.52. The molecule has 0 aromatic heterocycles. The SMILES string of the molecule is CCOC1(C2=NC(CC)C(=O)N2)CCCC(C)C1. The predicted octanol–water partition coefficient (Wildman–Crippen LogP) is 2.28. The molecule has 4 heteroatoms. The van der Waals surface area contributed by atoms with Gasteiger partial charge < -0.3 is 10.1 Å². The van der Waals surface area contributed by atoms with E-state index in [9.17, 15) is 4.79 Å². The fraction of sp³-hybridized carbons (Fsp3) is 0.857. The highest BCUT2D eigenvalue weighted by atomic mass is 16.5. The smallest absolute Gasteiger partial charge is 0.250 e. The number of hydrogen-bond donors (Lipinski definition) is 1. The maximum Gasteiger partial charge on any atom is 0.250 e. The van der Waals surface area contributed by atoms with Gasteiger partial charge in [-0.15, -0.1) is 0 Å². The van der Waals surface area contributed by atoms with E-state index >= 15 is 0 Å². The molecule has 1 aliphatic heterocycles. The Morgan fingerprint density at radius 3 is 2.83 bits per heavy atom. The van der Waals surface area contributed by atoms with Crippen LogP contribution in [0.25, 0.3) is 0 Å². The lowest BCUT2D eigenvalue weighted by Crippen LogP contribution is -2.51. The number of carbonyl (C=O) groups excluding carboxylic acids is 1. The summed E-state index contributed by atoms with van der Waals surface area (Å²) >= 11 is 0. The molecular formula is C14H24N2O2. The lowest BCUT2D eigenvalue weighted by molar-refractivity contribution is -0.120. The summed E-state index contributed by atoms with van der Waals surface area (Å²) in [5.41, 5.74) is -0.341. The minimum Gasteiger partial charge on any atom is -0.367 e. The average Bonchev–Trinajstić information content (AvgIpc) is 2.71. The number of hydrogen-bond acceptors (Lipinski definition) is 3. The monoisotopic (exact) mass is 252 g/mol. The van der Waals surface area contributed by atoms with Gasteiger partial charge in [-0.1, -0.05) is 20.3 Å². The van der Waals surface area contributed by atoms with E-state index in [1.54, 1.807) is 0 Å². The van der Waals surface area contributed by atoms with Crippen LogP contribution in [0.3, 0.4) is 0 Å². The van der Waals surface area contributed by atoms with Crippen LogP contribution < -0.4 is 5.32 Å². The summed E-state index contributed by atoms with van der Waals surface area (Å²) in [6.45, 7) is 6.92. The summed E-state index contributed by atoms with van der Waals surface area (Å²) in [5, 5.41) is 2.96. The number of nitrogens with one attached hydrogen (secondary N) is 1. The topological polar surface area (TPSA) is 50.7 Å². The molecule has 3 unspecified atom stereocenters. The fourth-order valence-corrected chi connectivity index (χ4v) is 3.15. The van der Waals surface area contributed by atoms with Gasteiger partial charge in [0, 0.05) is 6.61 Å². The number of amidine groups is 1. The molecule has 1 aliphatic carbocycles. The van der Waals surface area contributed by atoms with E-state index in [-0.39, 0.29) is 17.6 Å². The van der Waals surface area contributed by atoms with E-state index in [1.165, 1.54) is 6.42 Å². The molecule has 4 nitrogen and oxygen atoms in total. The van der Waals surface area contributed by atoms with Crippen molar-refractivity contribution < 1.29 is 9.53 Å². The Morgan fingerprint density at radius 2 is 2.28 bits per heavy atom. The first-order valence-electron chi connectivity index (χ1n) is 7.14. The number of ether oxygens (including phenoxy) is 1. The van der Waals surface area contributed by atoms with E-state index < -0.39 is 0 Å². The zero-order valence-corrected chi connectivity index (χ0v) is 11.7. The third-order valence-electron chi connectivity index (χ3n) is 4.02. The molecule has 1 amide bonds. The molecule has 1 saturated carbocycles. The molecule has 18 heavy (non-hydrogen) atoms. The number of aliphatic imine (C=N–C) groups is 1. The highest BCUT2D eigenvalue weighted by Crippen LogP contribution is 2.37. The minimum absolute atomic E-state index is 0.0322. The minimum atomic E-state index is -0.341. The molecule has 0 aromatic rings. The number of carbonyl (C=O) groups is 1. The van der Waals surface area contributed by atoms with Crippen molar-refractivity contribution in [3.8, 4) is 0 Å². The molecule has 2 rings (SSSR count).